The molecule has 0 radical (unpaired) electrons. The van der Waals surface area contributed by atoms with Crippen LogP contribution in [-0.2, 0) is 17.8 Å². The minimum absolute atomic E-state index is 0.164. The number of carbonyl (C=O) groups excluding carboxylic acids is 1. The van der Waals surface area contributed by atoms with Crippen LogP contribution in [0, 0.1) is 13.8 Å². The number of nitrogens with one attached hydrogen (secondary N) is 1. The molecule has 0 saturated heterocycles. The monoisotopic (exact) mass is 390 g/mol. The molecule has 1 amide bonds. The smallest absolute Gasteiger partial charge is 0.253 e. The van der Waals surface area contributed by atoms with Gasteiger partial charge in [-0.2, -0.15) is 10.1 Å². The van der Waals surface area contributed by atoms with E-state index in [0.29, 0.717) is 11.8 Å². The van der Waals surface area contributed by atoms with E-state index in [4.69, 9.17) is 4.98 Å². The fourth-order valence-corrected chi connectivity index (χ4v) is 3.92. The number of likely N-dealkylation sites (N-methyl/N-ethyl adjacent to an activating group) is 1. The first-order chi connectivity index (χ1) is 13.9. The highest BCUT2D eigenvalue weighted by Gasteiger charge is 2.20. The first kappa shape index (κ1) is 19.3. The number of hydrogen-bond acceptors (Lipinski definition) is 5. The summed E-state index contributed by atoms with van der Waals surface area (Å²) < 4.78 is 1.72. The zero-order valence-electron chi connectivity index (χ0n) is 17.4. The maximum absolute atomic E-state index is 11.7. The average molecular weight is 390 g/mol. The van der Waals surface area contributed by atoms with Gasteiger partial charge in [0, 0.05) is 37.3 Å². The van der Waals surface area contributed by atoms with Crippen LogP contribution in [-0.4, -0.2) is 43.6 Å². The number of hydrogen-bond donors (Lipinski definition) is 1. The molecule has 0 unspecified atom stereocenters. The van der Waals surface area contributed by atoms with Crippen LogP contribution in [0.3, 0.4) is 0 Å². The lowest BCUT2D eigenvalue weighted by Gasteiger charge is -2.29. The number of aryl methyl sites for hydroxylation is 2. The van der Waals surface area contributed by atoms with Crippen LogP contribution in [0.15, 0.2) is 30.3 Å². The molecular formula is C22H26N6O. The van der Waals surface area contributed by atoms with E-state index in [1.807, 2.05) is 26.0 Å². The number of amides is 1. The van der Waals surface area contributed by atoms with Gasteiger partial charge in [-0.3, -0.25) is 9.69 Å². The summed E-state index contributed by atoms with van der Waals surface area (Å²) in [6, 6.07) is 10.2. The Hall–Kier alpha value is -3.06. The molecular weight excluding hydrogens is 364 g/mol. The average Bonchev–Trinajstić information content (AvgIpc) is 3.04. The summed E-state index contributed by atoms with van der Waals surface area (Å²) in [6.07, 6.45) is 0.980. The van der Waals surface area contributed by atoms with Crippen molar-refractivity contribution in [3.8, 4) is 17.2 Å². The molecule has 4 rings (SSSR count). The first-order valence-corrected chi connectivity index (χ1v) is 9.98. The van der Waals surface area contributed by atoms with Gasteiger partial charge in [0.2, 0.25) is 5.91 Å². The Morgan fingerprint density at radius 2 is 2.03 bits per heavy atom. The Morgan fingerprint density at radius 3 is 2.72 bits per heavy atom. The van der Waals surface area contributed by atoms with E-state index in [2.05, 4.69) is 45.4 Å². The van der Waals surface area contributed by atoms with E-state index in [-0.39, 0.29) is 5.91 Å². The number of nitrogens with zero attached hydrogens (tertiary/aromatic N) is 5. The second-order valence-corrected chi connectivity index (χ2v) is 7.52. The summed E-state index contributed by atoms with van der Waals surface area (Å²) in [4.78, 5) is 23.5. The third kappa shape index (κ3) is 3.91. The summed E-state index contributed by atoms with van der Waals surface area (Å²) in [5.41, 5.74) is 6.39. The number of benzene rings is 1. The van der Waals surface area contributed by atoms with Crippen LogP contribution in [0.4, 0.5) is 5.82 Å². The molecule has 1 aliphatic heterocycles. The molecule has 0 aliphatic carbocycles. The Labute approximate surface area is 170 Å². The lowest BCUT2D eigenvalue weighted by atomic mass is 9.93. The number of anilines is 1. The summed E-state index contributed by atoms with van der Waals surface area (Å²) in [5, 5.41) is 7.32. The van der Waals surface area contributed by atoms with Gasteiger partial charge in [-0.1, -0.05) is 25.1 Å². The number of fused-ring (bicyclic) bond motifs is 1. The van der Waals surface area contributed by atoms with Gasteiger partial charge in [0.25, 0.3) is 5.95 Å². The highest BCUT2D eigenvalue weighted by Crippen LogP contribution is 2.31. The van der Waals surface area contributed by atoms with Crippen LogP contribution >= 0.6 is 0 Å². The molecule has 1 aliphatic rings. The second kappa shape index (κ2) is 7.75. The van der Waals surface area contributed by atoms with Crippen molar-refractivity contribution >= 4 is 11.7 Å². The largest absolute Gasteiger partial charge is 0.311 e. The van der Waals surface area contributed by atoms with E-state index in [9.17, 15) is 4.79 Å². The second-order valence-electron chi connectivity index (χ2n) is 7.52. The lowest BCUT2D eigenvalue weighted by molar-refractivity contribution is -0.114. The maximum atomic E-state index is 11.7. The van der Waals surface area contributed by atoms with Gasteiger partial charge in [0.05, 0.1) is 11.4 Å². The first-order valence-electron chi connectivity index (χ1n) is 9.98. The quantitative estimate of drug-likeness (QED) is 0.740. The Kier molecular flexibility index (Phi) is 5.15. The zero-order chi connectivity index (χ0) is 20.5. The number of rotatable bonds is 4. The van der Waals surface area contributed by atoms with E-state index in [0.717, 1.165) is 48.7 Å². The minimum atomic E-state index is -0.164. The zero-order valence-corrected chi connectivity index (χ0v) is 17.4. The molecule has 3 aromatic rings. The van der Waals surface area contributed by atoms with Gasteiger partial charge in [0.1, 0.15) is 5.82 Å². The lowest BCUT2D eigenvalue weighted by Crippen LogP contribution is -2.30. The van der Waals surface area contributed by atoms with Gasteiger partial charge in [-0.05, 0) is 44.0 Å². The molecule has 2 aromatic heterocycles. The summed E-state index contributed by atoms with van der Waals surface area (Å²) >= 11 is 0. The highest BCUT2D eigenvalue weighted by molar-refractivity contribution is 5.88. The Balaban J connectivity index is 1.85. The van der Waals surface area contributed by atoms with Gasteiger partial charge in [-0.15, -0.1) is 0 Å². The van der Waals surface area contributed by atoms with E-state index in [1.54, 1.807) is 4.68 Å². The summed E-state index contributed by atoms with van der Waals surface area (Å²) in [5.74, 6) is 0.775. The molecule has 29 heavy (non-hydrogen) atoms. The molecule has 1 aromatic carbocycles. The van der Waals surface area contributed by atoms with E-state index < -0.39 is 0 Å². The van der Waals surface area contributed by atoms with Crippen LogP contribution in [0.25, 0.3) is 17.2 Å². The van der Waals surface area contributed by atoms with Gasteiger partial charge in [0.15, 0.2) is 0 Å². The molecule has 7 heteroatoms. The van der Waals surface area contributed by atoms with Gasteiger partial charge < -0.3 is 5.32 Å². The molecule has 7 nitrogen and oxygen atoms in total. The topological polar surface area (TPSA) is 75.9 Å². The van der Waals surface area contributed by atoms with Crippen molar-refractivity contribution in [2.75, 3.05) is 18.4 Å². The van der Waals surface area contributed by atoms with Gasteiger partial charge >= 0.3 is 0 Å². The predicted octanol–water partition coefficient (Wildman–Crippen LogP) is 3.28. The van der Waals surface area contributed by atoms with Crippen LogP contribution < -0.4 is 5.32 Å². The van der Waals surface area contributed by atoms with Crippen molar-refractivity contribution in [3.05, 3.63) is 52.8 Å². The molecule has 0 spiro atoms. The van der Waals surface area contributed by atoms with Crippen LogP contribution in [0.1, 0.15) is 36.4 Å². The van der Waals surface area contributed by atoms with Crippen molar-refractivity contribution < 1.29 is 4.79 Å². The van der Waals surface area contributed by atoms with Crippen LogP contribution in [0.2, 0.25) is 0 Å². The van der Waals surface area contributed by atoms with E-state index in [1.165, 1.54) is 18.1 Å². The van der Waals surface area contributed by atoms with Crippen molar-refractivity contribution in [3.63, 3.8) is 0 Å². The molecule has 0 atom stereocenters. The predicted molar refractivity (Wildman–Crippen MR) is 113 cm³/mol. The fourth-order valence-electron chi connectivity index (χ4n) is 3.92. The summed E-state index contributed by atoms with van der Waals surface area (Å²) in [7, 11) is 0. The Bertz CT molecular complexity index is 1070. The standard InChI is InChI=1S/C22H26N6O/c1-5-27-10-9-18-17(13-27)7-6-8-19(18)20-12-21(23-16(4)29)25-22(24-20)28-15(3)11-14(2)26-28/h6-8,11-12H,5,9-10,13H2,1-4H3,(H,23,24,25,29). The number of carbonyl (C=O) groups is 1. The van der Waals surface area contributed by atoms with Gasteiger partial charge in [-0.25, -0.2) is 9.67 Å². The third-order valence-corrected chi connectivity index (χ3v) is 5.29. The van der Waals surface area contributed by atoms with E-state index >= 15 is 0 Å². The molecule has 150 valence electrons. The normalized spacial score (nSPS) is 13.9. The minimum Gasteiger partial charge on any atom is -0.311 e. The van der Waals surface area contributed by atoms with Crippen molar-refractivity contribution in [1.29, 1.82) is 0 Å². The maximum Gasteiger partial charge on any atom is 0.253 e. The highest BCUT2D eigenvalue weighted by atomic mass is 16.1. The molecule has 1 N–H and O–H groups in total. The molecule has 0 bridgehead atoms. The van der Waals surface area contributed by atoms with Crippen molar-refractivity contribution in [2.24, 2.45) is 0 Å². The fraction of sp³-hybridized carbons (Fsp3) is 0.364. The SMILES string of the molecule is CCN1CCc2c(cccc2-c2cc(NC(C)=O)nc(-n3nc(C)cc3C)n2)C1. The van der Waals surface area contributed by atoms with Crippen molar-refractivity contribution in [1.82, 2.24) is 24.6 Å². The molecule has 0 saturated carbocycles. The number of aromatic nitrogens is 4. The van der Waals surface area contributed by atoms with Crippen LogP contribution in [0.5, 0.6) is 0 Å². The summed E-state index contributed by atoms with van der Waals surface area (Å²) in [6.45, 7) is 10.6. The third-order valence-electron chi connectivity index (χ3n) is 5.29. The Morgan fingerprint density at radius 1 is 1.21 bits per heavy atom. The molecule has 3 heterocycles. The van der Waals surface area contributed by atoms with Crippen molar-refractivity contribution in [2.45, 2.75) is 40.7 Å². The molecule has 0 fully saturated rings.